The van der Waals surface area contributed by atoms with Gasteiger partial charge in [-0.15, -0.1) is 0 Å². The Morgan fingerprint density at radius 1 is 1.60 bits per heavy atom. The molecule has 0 aliphatic rings. The predicted molar refractivity (Wildman–Crippen MR) is 16.8 cm³/mol. The molecule has 1 aromatic rings. The van der Waals surface area contributed by atoms with Crippen molar-refractivity contribution < 1.29 is 0 Å². The monoisotopic (exact) mass is 135 g/mol. The third-order valence-corrected chi connectivity index (χ3v) is 0.976. The molecule has 0 N–H and O–H groups in total. The molecule has 0 atom stereocenters. The molecule has 1 rings (SSSR count). The van der Waals surface area contributed by atoms with Gasteiger partial charge in [0.1, 0.15) is 0 Å². The van der Waals surface area contributed by atoms with Gasteiger partial charge in [0, 0.05) is 0 Å². The molecule has 0 unspecified atom stereocenters. The Morgan fingerprint density at radius 2 is 2.60 bits per heavy atom. The topological polar surface area (TPSA) is 38.7 Å². The van der Waals surface area contributed by atoms with Crippen molar-refractivity contribution in [1.82, 2.24) is 13.2 Å². The van der Waals surface area contributed by atoms with E-state index < -0.39 is 0 Å². The van der Waals surface area contributed by atoms with Gasteiger partial charge in [0.25, 0.3) is 0 Å². The Bertz CT molecular complexity index is 63.4. The molecule has 0 radical (unpaired) electrons. The standard InChI is InChI=1S/CHN3Se/c1-2-4-5-3-1/h1H. The normalized spacial score (nSPS) is 8.00. The zero-order valence-corrected chi connectivity index (χ0v) is 4.04. The van der Waals surface area contributed by atoms with Crippen LogP contribution in [0.4, 0.5) is 0 Å². The molecule has 0 saturated heterocycles. The maximum absolute atomic E-state index is 3.69. The van der Waals surface area contributed by atoms with E-state index in [4.69, 9.17) is 0 Å². The van der Waals surface area contributed by atoms with E-state index in [2.05, 4.69) is 13.2 Å². The van der Waals surface area contributed by atoms with Crippen LogP contribution in [-0.2, 0) is 0 Å². The van der Waals surface area contributed by atoms with E-state index in [0.717, 1.165) is 0 Å². The summed E-state index contributed by atoms with van der Waals surface area (Å²) in [5.41, 5.74) is 0. The molecule has 4 heteroatoms. The first kappa shape index (κ1) is 3.00. The molecule has 1 heterocycles. The fourth-order valence-electron chi connectivity index (χ4n) is 0.105. The van der Waals surface area contributed by atoms with Crippen LogP contribution in [0, 0.1) is 0 Å². The summed E-state index contributed by atoms with van der Waals surface area (Å²) in [6.45, 7) is 0. The van der Waals surface area contributed by atoms with Crippen molar-refractivity contribution >= 4 is 15.0 Å². The summed E-state index contributed by atoms with van der Waals surface area (Å²) in [6, 6.07) is 0. The third kappa shape index (κ3) is 0.529. The van der Waals surface area contributed by atoms with E-state index >= 15 is 0 Å². The van der Waals surface area contributed by atoms with E-state index in [1.165, 1.54) is 6.33 Å². The molecule has 0 aromatic carbocycles. The molecule has 0 fully saturated rings. The van der Waals surface area contributed by atoms with Crippen LogP contribution < -0.4 is 0 Å². The fourth-order valence-corrected chi connectivity index (χ4v) is 0.548. The first-order valence-electron chi connectivity index (χ1n) is 1.08. The Labute approximate surface area is 35.3 Å². The van der Waals surface area contributed by atoms with Gasteiger partial charge in [0.2, 0.25) is 0 Å². The molecule has 0 aliphatic carbocycles. The predicted octanol–water partition coefficient (Wildman–Crippen LogP) is -1.07. The van der Waals surface area contributed by atoms with Crippen molar-refractivity contribution in [3.05, 3.63) is 6.33 Å². The van der Waals surface area contributed by atoms with Crippen LogP contribution in [-0.4, -0.2) is 28.1 Å². The summed E-state index contributed by atoms with van der Waals surface area (Å²) < 4.78 is 7.24. The second-order valence-corrected chi connectivity index (χ2v) is 1.63. The number of aromatic nitrogens is 3. The summed E-state index contributed by atoms with van der Waals surface area (Å²) in [4.78, 5) is 0. The van der Waals surface area contributed by atoms with Gasteiger partial charge in [0.05, 0.1) is 0 Å². The Kier molecular flexibility index (Phi) is 0.771. The number of hydrogen-bond donors (Lipinski definition) is 0. The van der Waals surface area contributed by atoms with Crippen LogP contribution in [0.25, 0.3) is 0 Å². The van der Waals surface area contributed by atoms with Gasteiger partial charge in [-0.05, 0) is 0 Å². The SMILES string of the molecule is c1nn[se]n1. The van der Waals surface area contributed by atoms with Crippen molar-refractivity contribution in [2.45, 2.75) is 0 Å². The fraction of sp³-hybridized carbons (Fsp3) is 0. The summed E-state index contributed by atoms with van der Waals surface area (Å²) in [5, 5.41) is 3.44. The van der Waals surface area contributed by atoms with Gasteiger partial charge in [-0.2, -0.15) is 0 Å². The van der Waals surface area contributed by atoms with E-state index in [9.17, 15) is 0 Å². The van der Waals surface area contributed by atoms with Crippen LogP contribution in [0.2, 0.25) is 0 Å². The molecule has 0 bridgehead atoms. The molecule has 3 nitrogen and oxygen atoms in total. The van der Waals surface area contributed by atoms with Crippen LogP contribution in [0.5, 0.6) is 0 Å². The quantitative estimate of drug-likeness (QED) is 0.424. The van der Waals surface area contributed by atoms with Crippen molar-refractivity contribution in [2.75, 3.05) is 0 Å². The van der Waals surface area contributed by atoms with Gasteiger partial charge in [-0.1, -0.05) is 0 Å². The maximum atomic E-state index is 3.69. The Balaban J connectivity index is 3.13. The average molecular weight is 134 g/mol. The van der Waals surface area contributed by atoms with E-state index in [1.807, 2.05) is 0 Å². The summed E-state index contributed by atoms with van der Waals surface area (Å²) in [6.07, 6.45) is 1.47. The molecule has 0 saturated carbocycles. The van der Waals surface area contributed by atoms with Crippen molar-refractivity contribution in [3.8, 4) is 0 Å². The third-order valence-electron chi connectivity index (χ3n) is 0.230. The van der Waals surface area contributed by atoms with Gasteiger partial charge in [0.15, 0.2) is 0 Å². The van der Waals surface area contributed by atoms with E-state index in [0.29, 0.717) is 0 Å². The number of hydrogen-bond acceptors (Lipinski definition) is 3. The molecule has 5 heavy (non-hydrogen) atoms. The second kappa shape index (κ2) is 1.29. The number of rotatable bonds is 0. The van der Waals surface area contributed by atoms with E-state index in [-0.39, 0.29) is 15.0 Å². The van der Waals surface area contributed by atoms with Crippen molar-refractivity contribution in [3.63, 3.8) is 0 Å². The van der Waals surface area contributed by atoms with Crippen LogP contribution in [0.3, 0.4) is 0 Å². The van der Waals surface area contributed by atoms with Crippen LogP contribution in [0.1, 0.15) is 0 Å². The zero-order chi connectivity index (χ0) is 3.54. The molecular weight excluding hydrogens is 133 g/mol. The first-order chi connectivity index (χ1) is 2.50. The summed E-state index contributed by atoms with van der Waals surface area (Å²) in [5.74, 6) is 0. The molecule has 0 spiro atoms. The van der Waals surface area contributed by atoms with E-state index in [1.54, 1.807) is 0 Å². The number of nitrogens with zero attached hydrogens (tertiary/aromatic N) is 3. The molecule has 0 amide bonds. The van der Waals surface area contributed by atoms with Gasteiger partial charge in [-0.25, -0.2) is 0 Å². The molecule has 1 aromatic heterocycles. The minimum absolute atomic E-state index is 0.0972. The second-order valence-electron chi connectivity index (χ2n) is 0.500. The van der Waals surface area contributed by atoms with Crippen LogP contribution >= 0.6 is 0 Å². The van der Waals surface area contributed by atoms with Gasteiger partial charge < -0.3 is 0 Å². The average Bonchev–Trinajstić information content (AvgIpc) is 1.76. The first-order valence-corrected chi connectivity index (χ1v) is 2.61. The summed E-state index contributed by atoms with van der Waals surface area (Å²) in [7, 11) is 0. The van der Waals surface area contributed by atoms with Crippen molar-refractivity contribution in [2.24, 2.45) is 0 Å². The van der Waals surface area contributed by atoms with Crippen LogP contribution in [0.15, 0.2) is 6.33 Å². The van der Waals surface area contributed by atoms with Gasteiger partial charge >= 0.3 is 34.5 Å². The minimum atomic E-state index is 0.0972. The zero-order valence-electron chi connectivity index (χ0n) is 2.33. The Morgan fingerprint density at radius 3 is 2.80 bits per heavy atom. The van der Waals surface area contributed by atoms with Crippen molar-refractivity contribution in [1.29, 1.82) is 0 Å². The Hall–Kier alpha value is -0.211. The molecule has 26 valence electrons. The summed E-state index contributed by atoms with van der Waals surface area (Å²) >= 11 is 0.0972. The van der Waals surface area contributed by atoms with Gasteiger partial charge in [-0.3, -0.25) is 0 Å². The molecule has 0 aliphatic heterocycles. The molecular formula is CHN3Se.